The SMILES string of the molecule is NCc1ccc(C(=O)N[C@@H](CO)c2ccccc2)o1. The number of carbonyl (C=O) groups is 1. The second-order valence-corrected chi connectivity index (χ2v) is 4.09. The molecule has 0 aliphatic carbocycles. The van der Waals surface area contributed by atoms with Crippen molar-refractivity contribution in [3.05, 3.63) is 59.5 Å². The van der Waals surface area contributed by atoms with Gasteiger partial charge in [0.1, 0.15) is 5.76 Å². The van der Waals surface area contributed by atoms with Crippen LogP contribution in [0.25, 0.3) is 0 Å². The minimum absolute atomic E-state index is 0.180. The lowest BCUT2D eigenvalue weighted by atomic mass is 10.1. The maximum absolute atomic E-state index is 12.0. The molecule has 0 radical (unpaired) electrons. The molecule has 5 heteroatoms. The Morgan fingerprint density at radius 2 is 2.00 bits per heavy atom. The number of nitrogens with two attached hydrogens (primary N) is 1. The van der Waals surface area contributed by atoms with Crippen LogP contribution in [0, 0.1) is 0 Å². The summed E-state index contributed by atoms with van der Waals surface area (Å²) in [6.45, 7) is 0.0651. The monoisotopic (exact) mass is 260 g/mol. The van der Waals surface area contributed by atoms with Gasteiger partial charge in [-0.1, -0.05) is 30.3 Å². The van der Waals surface area contributed by atoms with Gasteiger partial charge in [0.2, 0.25) is 0 Å². The Labute approximate surface area is 111 Å². The Hall–Kier alpha value is -2.11. The van der Waals surface area contributed by atoms with Gasteiger partial charge >= 0.3 is 0 Å². The molecule has 100 valence electrons. The Kier molecular flexibility index (Phi) is 4.33. The van der Waals surface area contributed by atoms with E-state index in [0.29, 0.717) is 5.76 Å². The van der Waals surface area contributed by atoms with Gasteiger partial charge in [-0.15, -0.1) is 0 Å². The molecule has 0 unspecified atom stereocenters. The van der Waals surface area contributed by atoms with Crippen LogP contribution in [0.3, 0.4) is 0 Å². The first-order valence-electron chi connectivity index (χ1n) is 6.00. The van der Waals surface area contributed by atoms with Crippen molar-refractivity contribution in [2.75, 3.05) is 6.61 Å². The Morgan fingerprint density at radius 1 is 1.26 bits per heavy atom. The minimum atomic E-state index is -0.458. The van der Waals surface area contributed by atoms with Crippen LogP contribution < -0.4 is 11.1 Å². The summed E-state index contributed by atoms with van der Waals surface area (Å²) in [7, 11) is 0. The van der Waals surface area contributed by atoms with Crippen molar-refractivity contribution >= 4 is 5.91 Å². The molecule has 1 heterocycles. The zero-order chi connectivity index (χ0) is 13.7. The maximum atomic E-state index is 12.0. The van der Waals surface area contributed by atoms with Crippen LogP contribution in [0.5, 0.6) is 0 Å². The van der Waals surface area contributed by atoms with E-state index in [9.17, 15) is 9.90 Å². The molecule has 0 fully saturated rings. The minimum Gasteiger partial charge on any atom is -0.455 e. The first-order chi connectivity index (χ1) is 9.24. The normalized spacial score (nSPS) is 12.1. The van der Waals surface area contributed by atoms with E-state index in [1.54, 1.807) is 12.1 Å². The predicted octanol–water partition coefficient (Wildman–Crippen LogP) is 1.20. The molecule has 19 heavy (non-hydrogen) atoms. The van der Waals surface area contributed by atoms with Gasteiger partial charge in [0, 0.05) is 0 Å². The Balaban J connectivity index is 2.08. The Bertz CT molecular complexity index is 537. The number of aliphatic hydroxyl groups excluding tert-OH is 1. The highest BCUT2D eigenvalue weighted by Gasteiger charge is 2.17. The average Bonchev–Trinajstić information content (AvgIpc) is 2.94. The number of furan rings is 1. The summed E-state index contributed by atoms with van der Waals surface area (Å²) in [5.41, 5.74) is 6.25. The molecule has 0 saturated carbocycles. The molecule has 0 aliphatic rings. The van der Waals surface area contributed by atoms with E-state index in [1.807, 2.05) is 30.3 Å². The number of hydrogen-bond acceptors (Lipinski definition) is 4. The molecule has 0 bridgehead atoms. The zero-order valence-electron chi connectivity index (χ0n) is 10.4. The van der Waals surface area contributed by atoms with Crippen molar-refractivity contribution in [2.45, 2.75) is 12.6 Å². The topological polar surface area (TPSA) is 88.5 Å². The third-order valence-electron chi connectivity index (χ3n) is 2.78. The average molecular weight is 260 g/mol. The molecule has 0 spiro atoms. The lowest BCUT2D eigenvalue weighted by Crippen LogP contribution is -2.30. The molecule has 1 aromatic carbocycles. The van der Waals surface area contributed by atoms with E-state index in [2.05, 4.69) is 5.32 Å². The maximum Gasteiger partial charge on any atom is 0.287 e. The van der Waals surface area contributed by atoms with Crippen molar-refractivity contribution in [2.24, 2.45) is 5.73 Å². The fourth-order valence-electron chi connectivity index (χ4n) is 1.76. The molecule has 1 atom stereocenters. The fourth-order valence-corrected chi connectivity index (χ4v) is 1.76. The number of hydrogen-bond donors (Lipinski definition) is 3. The van der Waals surface area contributed by atoms with E-state index < -0.39 is 6.04 Å². The van der Waals surface area contributed by atoms with Crippen LogP contribution >= 0.6 is 0 Å². The predicted molar refractivity (Wildman–Crippen MR) is 70.3 cm³/mol. The molecular weight excluding hydrogens is 244 g/mol. The van der Waals surface area contributed by atoms with Crippen molar-refractivity contribution in [3.63, 3.8) is 0 Å². The first-order valence-corrected chi connectivity index (χ1v) is 6.00. The third kappa shape index (κ3) is 3.21. The molecule has 2 rings (SSSR count). The van der Waals surface area contributed by atoms with E-state index in [1.165, 1.54) is 0 Å². The van der Waals surface area contributed by atoms with Crippen LogP contribution in [0.15, 0.2) is 46.9 Å². The summed E-state index contributed by atoms with van der Waals surface area (Å²) in [5.74, 6) is 0.364. The van der Waals surface area contributed by atoms with Crippen LogP contribution in [-0.4, -0.2) is 17.6 Å². The lowest BCUT2D eigenvalue weighted by molar-refractivity contribution is 0.0886. The van der Waals surface area contributed by atoms with Crippen molar-refractivity contribution in [1.29, 1.82) is 0 Å². The second kappa shape index (κ2) is 6.17. The molecule has 1 aromatic heterocycles. The lowest BCUT2D eigenvalue weighted by Gasteiger charge is -2.15. The highest BCUT2D eigenvalue weighted by molar-refractivity contribution is 5.91. The molecule has 1 amide bonds. The molecule has 4 N–H and O–H groups in total. The highest BCUT2D eigenvalue weighted by Crippen LogP contribution is 2.14. The van der Waals surface area contributed by atoms with Crippen LogP contribution in [-0.2, 0) is 6.54 Å². The highest BCUT2D eigenvalue weighted by atomic mass is 16.4. The molecule has 0 saturated heterocycles. The summed E-state index contributed by atoms with van der Waals surface area (Å²) in [5, 5.41) is 12.1. The van der Waals surface area contributed by atoms with Gasteiger partial charge in [0.15, 0.2) is 5.76 Å². The van der Waals surface area contributed by atoms with Gasteiger partial charge < -0.3 is 20.6 Å². The molecule has 0 aliphatic heterocycles. The van der Waals surface area contributed by atoms with Crippen molar-refractivity contribution < 1.29 is 14.3 Å². The van der Waals surface area contributed by atoms with Crippen molar-refractivity contribution in [1.82, 2.24) is 5.32 Å². The van der Waals surface area contributed by atoms with Gasteiger partial charge in [0.25, 0.3) is 5.91 Å². The Morgan fingerprint density at radius 3 is 2.58 bits per heavy atom. The number of nitrogens with one attached hydrogen (secondary N) is 1. The van der Waals surface area contributed by atoms with Crippen LogP contribution in [0.4, 0.5) is 0 Å². The quantitative estimate of drug-likeness (QED) is 0.753. The van der Waals surface area contributed by atoms with Gasteiger partial charge in [-0.25, -0.2) is 0 Å². The largest absolute Gasteiger partial charge is 0.455 e. The summed E-state index contributed by atoms with van der Waals surface area (Å²) < 4.78 is 5.26. The zero-order valence-corrected chi connectivity index (χ0v) is 10.4. The number of amides is 1. The summed E-state index contributed by atoms with van der Waals surface area (Å²) >= 11 is 0. The van der Waals surface area contributed by atoms with Gasteiger partial charge in [-0.2, -0.15) is 0 Å². The van der Waals surface area contributed by atoms with Gasteiger partial charge in [0.05, 0.1) is 19.2 Å². The summed E-state index contributed by atoms with van der Waals surface area (Å²) in [4.78, 5) is 12.0. The fraction of sp³-hybridized carbons (Fsp3) is 0.214. The number of benzene rings is 1. The van der Waals surface area contributed by atoms with E-state index >= 15 is 0 Å². The van der Waals surface area contributed by atoms with E-state index in [0.717, 1.165) is 5.56 Å². The molecular formula is C14H16N2O3. The standard InChI is InChI=1S/C14H16N2O3/c15-8-11-6-7-13(19-11)14(18)16-12(9-17)10-4-2-1-3-5-10/h1-7,12,17H,8-9,15H2,(H,16,18)/t12-/m0/s1. The van der Waals surface area contributed by atoms with Crippen LogP contribution in [0.2, 0.25) is 0 Å². The van der Waals surface area contributed by atoms with Gasteiger partial charge in [-0.3, -0.25) is 4.79 Å². The van der Waals surface area contributed by atoms with E-state index in [4.69, 9.17) is 10.2 Å². The second-order valence-electron chi connectivity index (χ2n) is 4.09. The number of aliphatic hydroxyl groups is 1. The van der Waals surface area contributed by atoms with Gasteiger partial charge in [-0.05, 0) is 17.7 Å². The molecule has 5 nitrogen and oxygen atoms in total. The smallest absolute Gasteiger partial charge is 0.287 e. The number of rotatable bonds is 5. The van der Waals surface area contributed by atoms with E-state index in [-0.39, 0.29) is 24.8 Å². The van der Waals surface area contributed by atoms with Crippen molar-refractivity contribution in [3.8, 4) is 0 Å². The molecule has 2 aromatic rings. The summed E-state index contributed by atoms with van der Waals surface area (Å²) in [6, 6.07) is 12.0. The third-order valence-corrected chi connectivity index (χ3v) is 2.78. The first kappa shape index (κ1) is 13.3. The van der Waals surface area contributed by atoms with Crippen LogP contribution in [0.1, 0.15) is 27.9 Å². The number of carbonyl (C=O) groups excluding carboxylic acids is 1. The summed E-state index contributed by atoms with van der Waals surface area (Å²) in [6.07, 6.45) is 0.